The van der Waals surface area contributed by atoms with Crippen molar-refractivity contribution in [1.82, 2.24) is 4.90 Å². The molecule has 54 valence electrons. The van der Waals surface area contributed by atoms with E-state index >= 15 is 0 Å². The molecule has 0 aromatic carbocycles. The second-order valence-corrected chi connectivity index (χ2v) is 2.41. The van der Waals surface area contributed by atoms with Crippen LogP contribution in [0.1, 0.15) is 13.3 Å². The lowest BCUT2D eigenvalue weighted by molar-refractivity contribution is 0.620. The highest BCUT2D eigenvalue weighted by Gasteiger charge is 1.92. The molecule has 0 N–H and O–H groups in total. The van der Waals surface area contributed by atoms with Gasteiger partial charge < -0.3 is 4.90 Å². The lowest BCUT2D eigenvalue weighted by Gasteiger charge is -2.11. The zero-order valence-corrected chi connectivity index (χ0v) is 6.54. The van der Waals surface area contributed by atoms with E-state index in [0.29, 0.717) is 0 Å². The summed E-state index contributed by atoms with van der Waals surface area (Å²) < 4.78 is 0. The summed E-state index contributed by atoms with van der Waals surface area (Å²) in [7, 11) is 2.02. The van der Waals surface area contributed by atoms with Crippen molar-refractivity contribution >= 4 is 0 Å². The van der Waals surface area contributed by atoms with E-state index < -0.39 is 0 Å². The first kappa shape index (κ1) is 7.13. The van der Waals surface area contributed by atoms with Crippen LogP contribution in [0, 0.1) is 0 Å². The van der Waals surface area contributed by atoms with Crippen LogP contribution >= 0.6 is 0 Å². The van der Waals surface area contributed by atoms with E-state index in [4.69, 9.17) is 0 Å². The van der Waals surface area contributed by atoms with Crippen LogP contribution in [0.25, 0.3) is 0 Å². The standard InChI is InChI=1S/C9H13N/c1-3-4-9-5-7-10(2)8-6-9/h4-8H,3H2,1-2H3. The van der Waals surface area contributed by atoms with Crippen molar-refractivity contribution in [3.05, 3.63) is 36.2 Å². The third-order valence-corrected chi connectivity index (χ3v) is 1.44. The van der Waals surface area contributed by atoms with Crippen molar-refractivity contribution in [2.24, 2.45) is 0 Å². The number of hydrogen-bond donors (Lipinski definition) is 0. The van der Waals surface area contributed by atoms with Gasteiger partial charge in [0.15, 0.2) is 0 Å². The molecule has 0 radical (unpaired) electrons. The molecular formula is C9H13N. The van der Waals surface area contributed by atoms with Gasteiger partial charge in [0.05, 0.1) is 0 Å². The van der Waals surface area contributed by atoms with E-state index in [2.05, 4.69) is 37.6 Å². The number of allylic oxidation sites excluding steroid dienone is 4. The van der Waals surface area contributed by atoms with Gasteiger partial charge in [0, 0.05) is 19.4 Å². The average molecular weight is 135 g/mol. The molecule has 1 nitrogen and oxygen atoms in total. The van der Waals surface area contributed by atoms with Crippen LogP contribution in [0.3, 0.4) is 0 Å². The van der Waals surface area contributed by atoms with Gasteiger partial charge in [0.1, 0.15) is 0 Å². The molecule has 0 unspecified atom stereocenters. The van der Waals surface area contributed by atoms with Crippen molar-refractivity contribution in [1.29, 1.82) is 0 Å². The van der Waals surface area contributed by atoms with Crippen molar-refractivity contribution in [3.63, 3.8) is 0 Å². The third kappa shape index (κ3) is 1.76. The maximum absolute atomic E-state index is 2.21. The minimum atomic E-state index is 1.10. The van der Waals surface area contributed by atoms with Crippen LogP contribution in [0.15, 0.2) is 36.2 Å². The van der Waals surface area contributed by atoms with Crippen molar-refractivity contribution < 1.29 is 0 Å². The van der Waals surface area contributed by atoms with E-state index in [1.54, 1.807) is 0 Å². The fourth-order valence-electron chi connectivity index (χ4n) is 0.884. The summed E-state index contributed by atoms with van der Waals surface area (Å²) in [6.07, 6.45) is 11.7. The Morgan fingerprint density at radius 1 is 1.40 bits per heavy atom. The number of nitrogens with zero attached hydrogens (tertiary/aromatic N) is 1. The fraction of sp³-hybridized carbons (Fsp3) is 0.333. The molecule has 0 spiro atoms. The SMILES string of the molecule is CCC=C1C=CN(C)C=C1. The van der Waals surface area contributed by atoms with E-state index in [1.807, 2.05) is 11.9 Å². The molecule has 1 heterocycles. The van der Waals surface area contributed by atoms with Gasteiger partial charge in [-0.2, -0.15) is 0 Å². The predicted octanol–water partition coefficient (Wildman–Crippen LogP) is 2.30. The maximum atomic E-state index is 2.21. The Balaban J connectivity index is 2.62. The molecule has 1 aliphatic rings. The Morgan fingerprint density at radius 2 is 2.00 bits per heavy atom. The zero-order chi connectivity index (χ0) is 7.40. The third-order valence-electron chi connectivity index (χ3n) is 1.44. The molecule has 0 aromatic rings. The highest BCUT2D eigenvalue weighted by atomic mass is 15.0. The van der Waals surface area contributed by atoms with E-state index in [1.165, 1.54) is 5.57 Å². The fourth-order valence-corrected chi connectivity index (χ4v) is 0.884. The Labute approximate surface area is 62.3 Å². The first-order chi connectivity index (χ1) is 4.83. The summed E-state index contributed by atoms with van der Waals surface area (Å²) in [5.41, 5.74) is 1.31. The summed E-state index contributed by atoms with van der Waals surface area (Å²) in [6, 6.07) is 0. The number of rotatable bonds is 1. The van der Waals surface area contributed by atoms with E-state index in [-0.39, 0.29) is 0 Å². The summed E-state index contributed by atoms with van der Waals surface area (Å²) in [5, 5.41) is 0. The molecule has 1 aliphatic heterocycles. The highest BCUT2D eigenvalue weighted by molar-refractivity contribution is 5.33. The van der Waals surface area contributed by atoms with Gasteiger partial charge in [-0.1, -0.05) is 13.0 Å². The predicted molar refractivity (Wildman–Crippen MR) is 44.4 cm³/mol. The lowest BCUT2D eigenvalue weighted by atomic mass is 10.2. The topological polar surface area (TPSA) is 3.24 Å². The molecule has 0 bridgehead atoms. The molecular weight excluding hydrogens is 122 g/mol. The van der Waals surface area contributed by atoms with Crippen LogP contribution in [-0.4, -0.2) is 11.9 Å². The minimum absolute atomic E-state index is 1.10. The van der Waals surface area contributed by atoms with Gasteiger partial charge in [-0.05, 0) is 24.1 Å². The molecule has 0 aliphatic carbocycles. The second kappa shape index (κ2) is 3.25. The van der Waals surface area contributed by atoms with E-state index in [0.717, 1.165) is 6.42 Å². The Morgan fingerprint density at radius 3 is 2.50 bits per heavy atom. The number of hydrogen-bond acceptors (Lipinski definition) is 1. The molecule has 1 rings (SSSR count). The summed E-state index contributed by atoms with van der Waals surface area (Å²) in [5.74, 6) is 0. The van der Waals surface area contributed by atoms with Crippen molar-refractivity contribution in [3.8, 4) is 0 Å². The average Bonchev–Trinajstić information content (AvgIpc) is 1.95. The Bertz CT molecular complexity index is 171. The second-order valence-electron chi connectivity index (χ2n) is 2.41. The monoisotopic (exact) mass is 135 g/mol. The zero-order valence-electron chi connectivity index (χ0n) is 6.54. The van der Waals surface area contributed by atoms with Crippen molar-refractivity contribution in [2.75, 3.05) is 7.05 Å². The van der Waals surface area contributed by atoms with Gasteiger partial charge >= 0.3 is 0 Å². The minimum Gasteiger partial charge on any atom is -0.357 e. The van der Waals surface area contributed by atoms with Crippen LogP contribution in [-0.2, 0) is 0 Å². The first-order valence-electron chi connectivity index (χ1n) is 3.61. The Hall–Kier alpha value is -0.980. The smallest absolute Gasteiger partial charge is 0.0106 e. The van der Waals surface area contributed by atoms with Gasteiger partial charge in [0.25, 0.3) is 0 Å². The molecule has 10 heavy (non-hydrogen) atoms. The summed E-state index contributed by atoms with van der Waals surface area (Å²) in [6.45, 7) is 2.15. The Kier molecular flexibility index (Phi) is 2.32. The van der Waals surface area contributed by atoms with Crippen LogP contribution < -0.4 is 0 Å². The van der Waals surface area contributed by atoms with Crippen LogP contribution in [0.5, 0.6) is 0 Å². The van der Waals surface area contributed by atoms with Crippen LogP contribution in [0.2, 0.25) is 0 Å². The molecule has 0 atom stereocenters. The highest BCUT2D eigenvalue weighted by Crippen LogP contribution is 2.07. The van der Waals surface area contributed by atoms with E-state index in [9.17, 15) is 0 Å². The molecule has 0 amide bonds. The lowest BCUT2D eigenvalue weighted by Crippen LogP contribution is -2.02. The summed E-state index contributed by atoms with van der Waals surface area (Å²) >= 11 is 0. The van der Waals surface area contributed by atoms with Gasteiger partial charge in [-0.3, -0.25) is 0 Å². The first-order valence-corrected chi connectivity index (χ1v) is 3.61. The van der Waals surface area contributed by atoms with Gasteiger partial charge in [-0.25, -0.2) is 0 Å². The normalized spacial score (nSPS) is 16.2. The maximum Gasteiger partial charge on any atom is 0.0106 e. The van der Waals surface area contributed by atoms with Gasteiger partial charge in [0.2, 0.25) is 0 Å². The molecule has 1 heteroatoms. The van der Waals surface area contributed by atoms with Crippen molar-refractivity contribution in [2.45, 2.75) is 13.3 Å². The van der Waals surface area contributed by atoms with Crippen LogP contribution in [0.4, 0.5) is 0 Å². The summed E-state index contributed by atoms with van der Waals surface area (Å²) in [4.78, 5) is 2.03. The van der Waals surface area contributed by atoms with Gasteiger partial charge in [-0.15, -0.1) is 0 Å². The quantitative estimate of drug-likeness (QED) is 0.533. The molecule has 0 saturated carbocycles. The molecule has 0 fully saturated rings. The largest absolute Gasteiger partial charge is 0.357 e. The molecule has 0 saturated heterocycles. The molecule has 0 aromatic heterocycles.